The lowest BCUT2D eigenvalue weighted by molar-refractivity contribution is 0.427. The van der Waals surface area contributed by atoms with Crippen LogP contribution in [0, 0.1) is 31.6 Å². The number of nitrogens with zero attached hydrogens (tertiary/aromatic N) is 3. The van der Waals surface area contributed by atoms with Crippen molar-refractivity contribution in [3.8, 4) is 0 Å². The van der Waals surface area contributed by atoms with E-state index in [0.29, 0.717) is 5.95 Å². The van der Waals surface area contributed by atoms with Gasteiger partial charge in [-0.2, -0.15) is 5.10 Å². The maximum Gasteiger partial charge on any atom is 0.242 e. The number of hydrogen-bond acceptors (Lipinski definition) is 4. The molecule has 1 N–H and O–H groups in total. The van der Waals surface area contributed by atoms with Crippen molar-refractivity contribution in [3.05, 3.63) is 11.4 Å². The summed E-state index contributed by atoms with van der Waals surface area (Å²) in [5, 5.41) is 11.6. The maximum absolute atomic E-state index is 4.42. The lowest BCUT2D eigenvalue weighted by Crippen LogP contribution is -2.20. The molecule has 0 spiro atoms. The zero-order valence-electron chi connectivity index (χ0n) is 10.6. The number of hydrogen-bond donors (Lipinski definition) is 1. The van der Waals surface area contributed by atoms with Crippen molar-refractivity contribution in [2.24, 2.45) is 17.8 Å². The van der Waals surface area contributed by atoms with Crippen molar-refractivity contribution >= 4 is 5.95 Å². The minimum Gasteiger partial charge on any atom is -0.353 e. The average Bonchev–Trinajstić information content (AvgIpc) is 3.14. The quantitative estimate of drug-likeness (QED) is 0.846. The zero-order chi connectivity index (χ0) is 11.8. The summed E-state index contributed by atoms with van der Waals surface area (Å²) in [6.07, 6.45) is 5.70. The number of anilines is 1. The largest absolute Gasteiger partial charge is 0.353 e. The summed E-state index contributed by atoms with van der Waals surface area (Å²) in [6.45, 7) is 4.95. The van der Waals surface area contributed by atoms with Crippen molar-refractivity contribution < 1.29 is 0 Å². The summed E-state index contributed by atoms with van der Waals surface area (Å²) in [6, 6.07) is 0. The molecule has 1 heterocycles. The Bertz CT molecular complexity index is 398. The van der Waals surface area contributed by atoms with Gasteiger partial charge in [-0.3, -0.25) is 0 Å². The van der Waals surface area contributed by atoms with Gasteiger partial charge in [-0.1, -0.05) is 0 Å². The fraction of sp³-hybridized carbons (Fsp3) is 0.769. The topological polar surface area (TPSA) is 50.7 Å². The molecule has 0 aromatic carbocycles. The molecule has 17 heavy (non-hydrogen) atoms. The Morgan fingerprint density at radius 3 is 2.24 bits per heavy atom. The molecule has 2 saturated carbocycles. The van der Waals surface area contributed by atoms with Crippen LogP contribution in [0.25, 0.3) is 0 Å². The smallest absolute Gasteiger partial charge is 0.242 e. The molecule has 0 saturated heterocycles. The van der Waals surface area contributed by atoms with Gasteiger partial charge < -0.3 is 5.32 Å². The second kappa shape index (κ2) is 4.24. The van der Waals surface area contributed by atoms with Gasteiger partial charge in [0.25, 0.3) is 0 Å². The third-order valence-electron chi connectivity index (χ3n) is 4.04. The third kappa shape index (κ3) is 2.56. The van der Waals surface area contributed by atoms with Crippen LogP contribution < -0.4 is 5.32 Å². The molecule has 0 atom stereocenters. The average molecular weight is 232 g/mol. The Hall–Kier alpha value is -1.19. The summed E-state index contributed by atoms with van der Waals surface area (Å²) in [4.78, 5) is 4.42. The molecule has 4 nitrogen and oxygen atoms in total. The van der Waals surface area contributed by atoms with Crippen molar-refractivity contribution in [1.29, 1.82) is 0 Å². The first-order valence-electron chi connectivity index (χ1n) is 6.66. The molecular formula is C13H20N4. The van der Waals surface area contributed by atoms with Gasteiger partial charge in [0.15, 0.2) is 0 Å². The van der Waals surface area contributed by atoms with Crippen molar-refractivity contribution in [2.75, 3.05) is 11.9 Å². The van der Waals surface area contributed by atoms with Gasteiger partial charge in [0.05, 0.1) is 11.4 Å². The second-order valence-corrected chi connectivity index (χ2v) is 5.53. The predicted octanol–water partition coefficient (Wildman–Crippen LogP) is 2.34. The molecule has 0 unspecified atom stereocenters. The Morgan fingerprint density at radius 2 is 1.71 bits per heavy atom. The van der Waals surface area contributed by atoms with Gasteiger partial charge in [-0.05, 0) is 57.3 Å². The van der Waals surface area contributed by atoms with Gasteiger partial charge in [0.1, 0.15) is 0 Å². The van der Waals surface area contributed by atoms with Gasteiger partial charge in [-0.15, -0.1) is 5.10 Å². The van der Waals surface area contributed by atoms with Crippen LogP contribution in [0.1, 0.15) is 37.1 Å². The zero-order valence-corrected chi connectivity index (χ0v) is 10.6. The molecule has 0 amide bonds. The van der Waals surface area contributed by atoms with Crippen LogP contribution in [0.2, 0.25) is 0 Å². The van der Waals surface area contributed by atoms with Crippen molar-refractivity contribution in [3.63, 3.8) is 0 Å². The van der Waals surface area contributed by atoms with Crippen LogP contribution in [0.4, 0.5) is 5.95 Å². The van der Waals surface area contributed by atoms with E-state index in [1.807, 2.05) is 13.8 Å². The minimum atomic E-state index is 0.694. The summed E-state index contributed by atoms with van der Waals surface area (Å²) < 4.78 is 0. The summed E-state index contributed by atoms with van der Waals surface area (Å²) in [5.74, 6) is 3.48. The lowest BCUT2D eigenvalue weighted by atomic mass is 9.98. The van der Waals surface area contributed by atoms with Gasteiger partial charge >= 0.3 is 0 Å². The fourth-order valence-corrected chi connectivity index (χ4v) is 2.51. The van der Waals surface area contributed by atoms with Crippen LogP contribution in [0.5, 0.6) is 0 Å². The Kier molecular flexibility index (Phi) is 2.73. The Balaban J connectivity index is 1.60. The second-order valence-electron chi connectivity index (χ2n) is 5.53. The first-order valence-corrected chi connectivity index (χ1v) is 6.66. The van der Waals surface area contributed by atoms with E-state index in [2.05, 4.69) is 20.5 Å². The predicted molar refractivity (Wildman–Crippen MR) is 66.7 cm³/mol. The summed E-state index contributed by atoms with van der Waals surface area (Å²) in [5.41, 5.74) is 1.88. The van der Waals surface area contributed by atoms with E-state index in [1.165, 1.54) is 25.7 Å². The van der Waals surface area contributed by atoms with Gasteiger partial charge in [-0.25, -0.2) is 4.98 Å². The molecule has 1 aromatic heterocycles. The van der Waals surface area contributed by atoms with E-state index in [-0.39, 0.29) is 0 Å². The highest BCUT2D eigenvalue weighted by atomic mass is 15.2. The van der Waals surface area contributed by atoms with E-state index in [0.717, 1.165) is 35.7 Å². The fourth-order valence-electron chi connectivity index (χ4n) is 2.51. The van der Waals surface area contributed by atoms with Crippen molar-refractivity contribution in [2.45, 2.75) is 39.5 Å². The van der Waals surface area contributed by atoms with Crippen molar-refractivity contribution in [1.82, 2.24) is 15.2 Å². The molecular weight excluding hydrogens is 212 g/mol. The molecule has 0 bridgehead atoms. The highest BCUT2D eigenvalue weighted by molar-refractivity contribution is 5.25. The maximum atomic E-state index is 4.42. The first-order chi connectivity index (χ1) is 8.24. The van der Waals surface area contributed by atoms with E-state index >= 15 is 0 Å². The molecule has 0 radical (unpaired) electrons. The van der Waals surface area contributed by atoms with E-state index in [1.54, 1.807) is 0 Å². The Morgan fingerprint density at radius 1 is 1.06 bits per heavy atom. The molecule has 1 aromatic rings. The summed E-state index contributed by atoms with van der Waals surface area (Å²) >= 11 is 0. The monoisotopic (exact) mass is 232 g/mol. The van der Waals surface area contributed by atoms with Crippen LogP contribution in [0.3, 0.4) is 0 Å². The number of nitrogens with one attached hydrogen (secondary N) is 1. The third-order valence-corrected chi connectivity index (χ3v) is 4.04. The molecule has 2 aliphatic carbocycles. The number of aryl methyl sites for hydroxylation is 2. The molecule has 2 aliphatic rings. The SMILES string of the molecule is Cc1nnc(NCC(C2CC2)C2CC2)nc1C. The van der Waals surface area contributed by atoms with E-state index in [4.69, 9.17) is 0 Å². The highest BCUT2D eigenvalue weighted by Crippen LogP contribution is 2.49. The molecule has 2 fully saturated rings. The van der Waals surface area contributed by atoms with Crippen LogP contribution in [-0.2, 0) is 0 Å². The minimum absolute atomic E-state index is 0.694. The van der Waals surface area contributed by atoms with E-state index < -0.39 is 0 Å². The Labute approximate surface area is 102 Å². The first kappa shape index (κ1) is 10.9. The highest BCUT2D eigenvalue weighted by Gasteiger charge is 2.41. The summed E-state index contributed by atoms with van der Waals surface area (Å²) in [7, 11) is 0. The molecule has 92 valence electrons. The number of rotatable bonds is 5. The van der Waals surface area contributed by atoms with Crippen LogP contribution >= 0.6 is 0 Å². The molecule has 4 heteroatoms. The number of aromatic nitrogens is 3. The van der Waals surface area contributed by atoms with Gasteiger partial charge in [0.2, 0.25) is 5.95 Å². The van der Waals surface area contributed by atoms with Crippen LogP contribution in [0.15, 0.2) is 0 Å². The lowest BCUT2D eigenvalue weighted by Gasteiger charge is -2.16. The van der Waals surface area contributed by atoms with E-state index in [9.17, 15) is 0 Å². The molecule has 0 aliphatic heterocycles. The molecule has 3 rings (SSSR count). The standard InChI is InChI=1S/C13H20N4/c1-8-9(2)16-17-13(15-8)14-7-12(10-3-4-10)11-5-6-11/h10-12H,3-7H2,1-2H3,(H,14,15,17). The normalized spacial score (nSPS) is 19.7. The van der Waals surface area contributed by atoms with Crippen LogP contribution in [-0.4, -0.2) is 21.7 Å². The van der Waals surface area contributed by atoms with Gasteiger partial charge in [0, 0.05) is 6.54 Å².